The predicted molar refractivity (Wildman–Crippen MR) is 61.9 cm³/mol. The van der Waals surface area contributed by atoms with Crippen molar-refractivity contribution in [1.82, 2.24) is 5.32 Å². The number of rotatable bonds is 5. The minimum Gasteiger partial charge on any atom is -0.455 e. The lowest BCUT2D eigenvalue weighted by atomic mass is 10.0. The van der Waals surface area contributed by atoms with Crippen LogP contribution in [-0.2, 0) is 14.3 Å². The van der Waals surface area contributed by atoms with E-state index in [-0.39, 0.29) is 18.3 Å². The Balaban J connectivity index is 2.55. The summed E-state index contributed by atoms with van der Waals surface area (Å²) in [6, 6.07) is 0. The Morgan fingerprint density at radius 1 is 1.62 bits per heavy atom. The summed E-state index contributed by atoms with van der Waals surface area (Å²) in [6.07, 6.45) is 0.383. The van der Waals surface area contributed by atoms with Crippen LogP contribution in [0.5, 0.6) is 0 Å². The fourth-order valence-corrected chi connectivity index (χ4v) is 1.62. The second-order valence-electron chi connectivity index (χ2n) is 4.60. The number of carbonyl (C=O) groups is 1. The first-order valence-electron chi connectivity index (χ1n) is 5.72. The molecule has 4 nitrogen and oxygen atoms in total. The van der Waals surface area contributed by atoms with Crippen molar-refractivity contribution in [3.63, 3.8) is 0 Å². The van der Waals surface area contributed by atoms with Gasteiger partial charge in [0, 0.05) is 12.1 Å². The van der Waals surface area contributed by atoms with Crippen LogP contribution in [0.2, 0.25) is 0 Å². The summed E-state index contributed by atoms with van der Waals surface area (Å²) in [4.78, 5) is 11.5. The maximum Gasteiger partial charge on any atom is 0.333 e. The molecule has 0 aromatic carbocycles. The number of nitrogens with one attached hydrogen (secondary N) is 1. The molecule has 1 aliphatic rings. The van der Waals surface area contributed by atoms with Gasteiger partial charge in [-0.05, 0) is 19.3 Å². The van der Waals surface area contributed by atoms with Crippen molar-refractivity contribution in [2.24, 2.45) is 5.92 Å². The number of hydrogen-bond acceptors (Lipinski definition) is 4. The average molecular weight is 227 g/mol. The number of esters is 1. The van der Waals surface area contributed by atoms with Crippen LogP contribution in [0.15, 0.2) is 12.2 Å². The van der Waals surface area contributed by atoms with Crippen molar-refractivity contribution >= 4 is 5.97 Å². The second kappa shape index (κ2) is 6.01. The largest absolute Gasteiger partial charge is 0.455 e. The minimum absolute atomic E-state index is 0.175. The van der Waals surface area contributed by atoms with E-state index in [0.717, 1.165) is 13.0 Å². The zero-order valence-corrected chi connectivity index (χ0v) is 10.3. The summed E-state index contributed by atoms with van der Waals surface area (Å²) in [7, 11) is 0. The van der Waals surface area contributed by atoms with Crippen LogP contribution in [0.1, 0.15) is 27.2 Å². The molecule has 0 radical (unpaired) electrons. The monoisotopic (exact) mass is 227 g/mol. The summed E-state index contributed by atoms with van der Waals surface area (Å²) >= 11 is 0. The molecule has 1 rings (SSSR count). The van der Waals surface area contributed by atoms with E-state index in [2.05, 4.69) is 25.7 Å². The molecule has 0 amide bonds. The molecule has 0 spiro atoms. The second-order valence-corrected chi connectivity index (χ2v) is 4.60. The zero-order valence-electron chi connectivity index (χ0n) is 10.3. The summed E-state index contributed by atoms with van der Waals surface area (Å²) in [5.74, 6) is 0.108. The highest BCUT2D eigenvalue weighted by Crippen LogP contribution is 2.16. The van der Waals surface area contributed by atoms with E-state index in [1.54, 1.807) is 6.92 Å². The lowest BCUT2D eigenvalue weighted by molar-refractivity contribution is -0.152. The Bertz CT molecular complexity index is 257. The minimum atomic E-state index is -0.344. The molecule has 0 bridgehead atoms. The Morgan fingerprint density at radius 2 is 2.31 bits per heavy atom. The molecule has 0 aromatic rings. The quantitative estimate of drug-likeness (QED) is 0.570. The SMILES string of the molecule is C=C(C)C(=O)OC(CC(C)C)C1NCCO1. The summed E-state index contributed by atoms with van der Waals surface area (Å²) in [5, 5.41) is 3.18. The van der Waals surface area contributed by atoms with Crippen molar-refractivity contribution in [1.29, 1.82) is 0 Å². The fraction of sp³-hybridized carbons (Fsp3) is 0.750. The van der Waals surface area contributed by atoms with Gasteiger partial charge in [0.15, 0.2) is 0 Å². The molecule has 0 saturated carbocycles. The van der Waals surface area contributed by atoms with Gasteiger partial charge in [0.25, 0.3) is 0 Å². The highest BCUT2D eigenvalue weighted by molar-refractivity contribution is 5.87. The molecular weight excluding hydrogens is 206 g/mol. The third-order valence-electron chi connectivity index (χ3n) is 2.39. The molecule has 16 heavy (non-hydrogen) atoms. The van der Waals surface area contributed by atoms with E-state index in [1.807, 2.05) is 0 Å². The number of carbonyl (C=O) groups excluding carboxylic acids is 1. The molecule has 4 heteroatoms. The molecule has 1 heterocycles. The van der Waals surface area contributed by atoms with Gasteiger partial charge in [0.2, 0.25) is 0 Å². The smallest absolute Gasteiger partial charge is 0.333 e. The van der Waals surface area contributed by atoms with E-state index >= 15 is 0 Å². The first kappa shape index (κ1) is 13.2. The van der Waals surface area contributed by atoms with Gasteiger partial charge in [-0.15, -0.1) is 0 Å². The highest BCUT2D eigenvalue weighted by Gasteiger charge is 2.29. The fourth-order valence-electron chi connectivity index (χ4n) is 1.62. The Labute approximate surface area is 97.0 Å². The molecule has 1 fully saturated rings. The van der Waals surface area contributed by atoms with Gasteiger partial charge in [-0.25, -0.2) is 4.79 Å². The van der Waals surface area contributed by atoms with Gasteiger partial charge in [-0.3, -0.25) is 5.32 Å². The normalized spacial score (nSPS) is 22.1. The maximum atomic E-state index is 11.5. The lowest BCUT2D eigenvalue weighted by Crippen LogP contribution is -2.40. The molecule has 0 aliphatic carbocycles. The summed E-state index contributed by atoms with van der Waals surface area (Å²) in [6.45, 7) is 10.9. The Hall–Kier alpha value is -0.870. The number of ether oxygens (including phenoxy) is 2. The van der Waals surface area contributed by atoms with Crippen molar-refractivity contribution in [3.8, 4) is 0 Å². The Morgan fingerprint density at radius 3 is 2.75 bits per heavy atom. The van der Waals surface area contributed by atoms with Crippen LogP contribution >= 0.6 is 0 Å². The first-order chi connectivity index (χ1) is 7.50. The van der Waals surface area contributed by atoms with Crippen LogP contribution in [0.4, 0.5) is 0 Å². The van der Waals surface area contributed by atoms with E-state index in [4.69, 9.17) is 9.47 Å². The molecule has 1 aliphatic heterocycles. The van der Waals surface area contributed by atoms with Crippen molar-refractivity contribution < 1.29 is 14.3 Å². The Kier molecular flexibility index (Phi) is 4.96. The third kappa shape index (κ3) is 3.94. The molecule has 2 atom stereocenters. The first-order valence-corrected chi connectivity index (χ1v) is 5.72. The van der Waals surface area contributed by atoms with E-state index in [0.29, 0.717) is 18.1 Å². The van der Waals surface area contributed by atoms with Gasteiger partial charge < -0.3 is 9.47 Å². The van der Waals surface area contributed by atoms with Crippen LogP contribution in [0.3, 0.4) is 0 Å². The molecule has 0 aromatic heterocycles. The third-order valence-corrected chi connectivity index (χ3v) is 2.39. The predicted octanol–water partition coefficient (Wildman–Crippen LogP) is 1.47. The van der Waals surface area contributed by atoms with Gasteiger partial charge >= 0.3 is 5.97 Å². The van der Waals surface area contributed by atoms with Crippen molar-refractivity contribution in [2.75, 3.05) is 13.2 Å². The van der Waals surface area contributed by atoms with E-state index in [1.165, 1.54) is 0 Å². The summed E-state index contributed by atoms with van der Waals surface area (Å²) < 4.78 is 10.9. The van der Waals surface area contributed by atoms with Crippen LogP contribution in [-0.4, -0.2) is 31.5 Å². The van der Waals surface area contributed by atoms with Gasteiger partial charge in [0.1, 0.15) is 12.3 Å². The standard InChI is InChI=1S/C12H21NO3/c1-8(2)7-10(11-13-5-6-15-11)16-12(14)9(3)4/h8,10-11,13H,3,5-7H2,1-2,4H3. The van der Waals surface area contributed by atoms with Crippen LogP contribution < -0.4 is 5.32 Å². The summed E-state index contributed by atoms with van der Waals surface area (Å²) in [5.41, 5.74) is 0.423. The molecule has 1 saturated heterocycles. The topological polar surface area (TPSA) is 47.6 Å². The van der Waals surface area contributed by atoms with Crippen LogP contribution in [0.25, 0.3) is 0 Å². The molecule has 1 N–H and O–H groups in total. The van der Waals surface area contributed by atoms with Crippen LogP contribution in [0, 0.1) is 5.92 Å². The van der Waals surface area contributed by atoms with Crippen molar-refractivity contribution in [2.45, 2.75) is 39.5 Å². The van der Waals surface area contributed by atoms with Gasteiger partial charge in [-0.2, -0.15) is 0 Å². The zero-order chi connectivity index (χ0) is 12.1. The van der Waals surface area contributed by atoms with Gasteiger partial charge in [0.05, 0.1) is 6.61 Å². The average Bonchev–Trinajstić information content (AvgIpc) is 2.68. The van der Waals surface area contributed by atoms with E-state index < -0.39 is 0 Å². The molecular formula is C12H21NO3. The number of hydrogen-bond donors (Lipinski definition) is 1. The maximum absolute atomic E-state index is 11.5. The van der Waals surface area contributed by atoms with E-state index in [9.17, 15) is 4.79 Å². The van der Waals surface area contributed by atoms with Gasteiger partial charge in [-0.1, -0.05) is 20.4 Å². The lowest BCUT2D eigenvalue weighted by Gasteiger charge is -2.24. The highest BCUT2D eigenvalue weighted by atomic mass is 16.6. The van der Waals surface area contributed by atoms with Crippen molar-refractivity contribution in [3.05, 3.63) is 12.2 Å². The molecule has 2 unspecified atom stereocenters. The molecule has 92 valence electrons.